The number of fused-ring (bicyclic) bond motifs is 1. The van der Waals surface area contributed by atoms with E-state index >= 15 is 0 Å². The number of rotatable bonds is 3. The van der Waals surface area contributed by atoms with E-state index in [9.17, 15) is 4.79 Å². The summed E-state index contributed by atoms with van der Waals surface area (Å²) in [6, 6.07) is 0.0545. The second-order valence-corrected chi connectivity index (χ2v) is 6.58. The number of aryl methyl sites for hydroxylation is 2. The first-order valence-corrected chi connectivity index (χ1v) is 7.81. The summed E-state index contributed by atoms with van der Waals surface area (Å²) in [5, 5.41) is 7.65. The van der Waals surface area contributed by atoms with Gasteiger partial charge in [0.25, 0.3) is 0 Å². The van der Waals surface area contributed by atoms with Crippen molar-refractivity contribution in [2.75, 3.05) is 0 Å². The van der Waals surface area contributed by atoms with E-state index in [1.54, 1.807) is 0 Å². The van der Waals surface area contributed by atoms with Crippen LogP contribution in [0.1, 0.15) is 55.6 Å². The Morgan fingerprint density at radius 2 is 1.90 bits per heavy atom. The van der Waals surface area contributed by atoms with Gasteiger partial charge in [0.2, 0.25) is 5.91 Å². The van der Waals surface area contributed by atoms with E-state index in [0.29, 0.717) is 11.8 Å². The number of nitrogens with one attached hydrogen (secondary N) is 1. The number of aromatic nitrogens is 2. The highest BCUT2D eigenvalue weighted by molar-refractivity contribution is 5.82. The van der Waals surface area contributed by atoms with Gasteiger partial charge < -0.3 is 5.32 Å². The third-order valence-electron chi connectivity index (χ3n) is 5.32. The van der Waals surface area contributed by atoms with Gasteiger partial charge in [-0.1, -0.05) is 12.8 Å². The van der Waals surface area contributed by atoms with Crippen LogP contribution in [0.4, 0.5) is 0 Å². The van der Waals surface area contributed by atoms with Crippen LogP contribution in [-0.4, -0.2) is 15.7 Å². The molecule has 2 fully saturated rings. The lowest BCUT2D eigenvalue weighted by atomic mass is 10.0. The molecule has 0 spiro atoms. The Morgan fingerprint density at radius 1 is 1.30 bits per heavy atom. The molecular weight excluding hydrogens is 250 g/mol. The van der Waals surface area contributed by atoms with Crippen molar-refractivity contribution in [3.63, 3.8) is 0 Å². The van der Waals surface area contributed by atoms with Crippen LogP contribution in [0.3, 0.4) is 0 Å². The summed E-state index contributed by atoms with van der Waals surface area (Å²) >= 11 is 0. The Kier molecular flexibility index (Phi) is 3.35. The predicted octanol–water partition coefficient (Wildman–Crippen LogP) is 2.65. The zero-order chi connectivity index (χ0) is 14.4. The maximum absolute atomic E-state index is 12.4. The third kappa shape index (κ3) is 2.15. The molecule has 0 bridgehead atoms. The van der Waals surface area contributed by atoms with Gasteiger partial charge in [-0.15, -0.1) is 0 Å². The fourth-order valence-electron chi connectivity index (χ4n) is 4.18. The van der Waals surface area contributed by atoms with E-state index in [-0.39, 0.29) is 17.9 Å². The van der Waals surface area contributed by atoms with Gasteiger partial charge in [0, 0.05) is 24.2 Å². The fraction of sp³-hybridized carbons (Fsp3) is 0.750. The van der Waals surface area contributed by atoms with E-state index in [4.69, 9.17) is 0 Å². The molecule has 2 saturated carbocycles. The standard InChI is InChI=1S/C16H25N3O/c1-9(14-10(2)18-19(4)11(14)3)17-16(20)15-12-7-5-6-8-13(12)15/h9,12-13,15H,5-8H2,1-4H3,(H,17,20). The Bertz CT molecular complexity index is 522. The number of amides is 1. The molecule has 1 heterocycles. The summed E-state index contributed by atoms with van der Waals surface area (Å²) < 4.78 is 1.89. The molecule has 1 aromatic rings. The van der Waals surface area contributed by atoms with Crippen LogP contribution in [0, 0.1) is 31.6 Å². The monoisotopic (exact) mass is 275 g/mol. The highest BCUT2D eigenvalue weighted by Gasteiger charge is 2.54. The molecule has 2 aliphatic rings. The van der Waals surface area contributed by atoms with Crippen LogP contribution >= 0.6 is 0 Å². The average molecular weight is 275 g/mol. The Morgan fingerprint density at radius 3 is 2.40 bits per heavy atom. The van der Waals surface area contributed by atoms with Gasteiger partial charge in [0.05, 0.1) is 11.7 Å². The van der Waals surface area contributed by atoms with Gasteiger partial charge >= 0.3 is 0 Å². The maximum Gasteiger partial charge on any atom is 0.224 e. The van der Waals surface area contributed by atoms with Crippen molar-refractivity contribution in [1.82, 2.24) is 15.1 Å². The van der Waals surface area contributed by atoms with Crippen molar-refractivity contribution in [1.29, 1.82) is 0 Å². The number of carbonyl (C=O) groups is 1. The van der Waals surface area contributed by atoms with Gasteiger partial charge in [-0.2, -0.15) is 5.10 Å². The molecule has 2 aliphatic carbocycles. The van der Waals surface area contributed by atoms with Crippen molar-refractivity contribution in [3.8, 4) is 0 Å². The molecule has 3 atom stereocenters. The Labute approximate surface area is 120 Å². The summed E-state index contributed by atoms with van der Waals surface area (Å²) in [4.78, 5) is 12.4. The zero-order valence-corrected chi connectivity index (χ0v) is 12.9. The third-order valence-corrected chi connectivity index (χ3v) is 5.32. The molecule has 1 N–H and O–H groups in total. The van der Waals surface area contributed by atoms with E-state index in [0.717, 1.165) is 11.4 Å². The smallest absolute Gasteiger partial charge is 0.224 e. The molecule has 4 heteroatoms. The van der Waals surface area contributed by atoms with E-state index < -0.39 is 0 Å². The number of hydrogen-bond acceptors (Lipinski definition) is 2. The first kappa shape index (κ1) is 13.7. The highest BCUT2D eigenvalue weighted by atomic mass is 16.2. The zero-order valence-electron chi connectivity index (χ0n) is 12.9. The number of nitrogens with zero attached hydrogens (tertiary/aromatic N) is 2. The first-order valence-electron chi connectivity index (χ1n) is 7.81. The Hall–Kier alpha value is -1.32. The summed E-state index contributed by atoms with van der Waals surface area (Å²) in [6.07, 6.45) is 5.12. The van der Waals surface area contributed by atoms with E-state index in [2.05, 4.69) is 24.3 Å². The second kappa shape index (κ2) is 4.90. The first-order chi connectivity index (χ1) is 9.50. The number of hydrogen-bond donors (Lipinski definition) is 1. The largest absolute Gasteiger partial charge is 0.349 e. The van der Waals surface area contributed by atoms with Crippen molar-refractivity contribution >= 4 is 5.91 Å². The van der Waals surface area contributed by atoms with Crippen LogP contribution in [0.25, 0.3) is 0 Å². The molecule has 110 valence electrons. The molecule has 3 rings (SSSR count). The Balaban J connectivity index is 1.67. The van der Waals surface area contributed by atoms with Crippen molar-refractivity contribution < 1.29 is 4.79 Å². The van der Waals surface area contributed by atoms with Gasteiger partial charge in [0.15, 0.2) is 0 Å². The topological polar surface area (TPSA) is 46.9 Å². The quantitative estimate of drug-likeness (QED) is 0.922. The summed E-state index contributed by atoms with van der Waals surface area (Å²) in [7, 11) is 1.95. The molecule has 0 saturated heterocycles. The van der Waals surface area contributed by atoms with Gasteiger partial charge in [-0.05, 0) is 45.4 Å². The lowest BCUT2D eigenvalue weighted by molar-refractivity contribution is -0.123. The summed E-state index contributed by atoms with van der Waals surface area (Å²) in [5.41, 5.74) is 3.33. The second-order valence-electron chi connectivity index (χ2n) is 6.58. The lowest BCUT2D eigenvalue weighted by Crippen LogP contribution is -2.29. The van der Waals surface area contributed by atoms with Crippen LogP contribution in [-0.2, 0) is 11.8 Å². The van der Waals surface area contributed by atoms with Gasteiger partial charge in [-0.3, -0.25) is 9.48 Å². The van der Waals surface area contributed by atoms with Gasteiger partial charge in [0.1, 0.15) is 0 Å². The lowest BCUT2D eigenvalue weighted by Gasteiger charge is -2.15. The highest BCUT2D eigenvalue weighted by Crippen LogP contribution is 2.55. The predicted molar refractivity (Wildman–Crippen MR) is 78.2 cm³/mol. The number of carbonyl (C=O) groups excluding carboxylic acids is 1. The molecule has 0 aromatic carbocycles. The summed E-state index contributed by atoms with van der Waals surface area (Å²) in [6.45, 7) is 6.15. The van der Waals surface area contributed by atoms with Gasteiger partial charge in [-0.25, -0.2) is 0 Å². The van der Waals surface area contributed by atoms with Crippen LogP contribution in [0.2, 0.25) is 0 Å². The maximum atomic E-state index is 12.4. The van der Waals surface area contributed by atoms with Crippen molar-refractivity contribution in [2.45, 2.75) is 52.5 Å². The van der Waals surface area contributed by atoms with E-state index in [1.807, 2.05) is 18.7 Å². The SMILES string of the molecule is Cc1nn(C)c(C)c1C(C)NC(=O)C1C2CCCCC21. The minimum Gasteiger partial charge on any atom is -0.349 e. The van der Waals surface area contributed by atoms with E-state index in [1.165, 1.54) is 31.2 Å². The fourth-order valence-corrected chi connectivity index (χ4v) is 4.18. The molecule has 1 amide bonds. The molecule has 0 radical (unpaired) electrons. The average Bonchev–Trinajstić information content (AvgIpc) is 3.06. The summed E-state index contributed by atoms with van der Waals surface area (Å²) in [5.74, 6) is 1.90. The van der Waals surface area contributed by atoms with Crippen molar-refractivity contribution in [3.05, 3.63) is 17.0 Å². The molecular formula is C16H25N3O. The van der Waals surface area contributed by atoms with Crippen LogP contribution in [0.5, 0.6) is 0 Å². The van der Waals surface area contributed by atoms with Crippen LogP contribution in [0.15, 0.2) is 0 Å². The molecule has 0 aliphatic heterocycles. The minimum absolute atomic E-state index is 0.0545. The molecule has 3 unspecified atom stereocenters. The minimum atomic E-state index is 0.0545. The van der Waals surface area contributed by atoms with Crippen molar-refractivity contribution in [2.24, 2.45) is 24.8 Å². The van der Waals surface area contributed by atoms with Crippen LogP contribution < -0.4 is 5.32 Å². The normalized spacial score (nSPS) is 29.7. The molecule has 1 aromatic heterocycles. The molecule has 4 nitrogen and oxygen atoms in total. The molecule has 20 heavy (non-hydrogen) atoms.